The van der Waals surface area contributed by atoms with Gasteiger partial charge in [0.15, 0.2) is 9.84 Å². The standard InChI is InChI=1S/C23H25F3N4O3S/c1-14-20(29-10-6-7-11-29)28-21-17(12-16(23(24,25)26)13-30(21)22(14)31)15(2)27-18-8-4-5-9-19(18)34(3,32)33/h4-5,8-9,12-13,15,27H,6-7,10-11H2,1-3H3/t15-/m1/s1. The van der Waals surface area contributed by atoms with Gasteiger partial charge >= 0.3 is 6.18 Å². The lowest BCUT2D eigenvalue weighted by molar-refractivity contribution is -0.137. The van der Waals surface area contributed by atoms with Gasteiger partial charge in [-0.25, -0.2) is 13.4 Å². The average molecular weight is 495 g/mol. The van der Waals surface area contributed by atoms with Crippen molar-refractivity contribution in [2.75, 3.05) is 29.6 Å². The predicted molar refractivity (Wildman–Crippen MR) is 124 cm³/mol. The molecule has 0 unspecified atom stereocenters. The van der Waals surface area contributed by atoms with E-state index in [9.17, 15) is 26.4 Å². The Hall–Kier alpha value is -3.08. The molecule has 0 spiro atoms. The highest BCUT2D eigenvalue weighted by Crippen LogP contribution is 2.34. The summed E-state index contributed by atoms with van der Waals surface area (Å²) in [6, 6.07) is 6.34. The minimum absolute atomic E-state index is 0.0249. The number of nitrogens with zero attached hydrogens (tertiary/aromatic N) is 3. The van der Waals surface area contributed by atoms with E-state index in [4.69, 9.17) is 0 Å². The molecule has 0 bridgehead atoms. The average Bonchev–Trinajstić information content (AvgIpc) is 3.29. The van der Waals surface area contributed by atoms with Gasteiger partial charge in [0, 0.05) is 31.1 Å². The zero-order valence-electron chi connectivity index (χ0n) is 19.0. The van der Waals surface area contributed by atoms with Crippen molar-refractivity contribution >= 4 is 27.0 Å². The van der Waals surface area contributed by atoms with Crippen LogP contribution in [0.1, 0.15) is 42.5 Å². The number of nitrogens with one attached hydrogen (secondary N) is 1. The summed E-state index contributed by atoms with van der Waals surface area (Å²) < 4.78 is 66.5. The largest absolute Gasteiger partial charge is 0.417 e. The molecule has 1 saturated heterocycles. The monoisotopic (exact) mass is 494 g/mol. The summed E-state index contributed by atoms with van der Waals surface area (Å²) in [5.41, 5.74) is -0.784. The van der Waals surface area contributed by atoms with Crippen LogP contribution in [0.15, 0.2) is 46.2 Å². The number of sulfone groups is 1. The minimum atomic E-state index is -4.69. The molecule has 0 amide bonds. The summed E-state index contributed by atoms with van der Waals surface area (Å²) in [6.07, 6.45) is -0.967. The van der Waals surface area contributed by atoms with E-state index in [2.05, 4.69) is 10.3 Å². The molecule has 1 N–H and O–H groups in total. The summed E-state index contributed by atoms with van der Waals surface area (Å²) in [6.45, 7) is 4.61. The van der Waals surface area contributed by atoms with E-state index >= 15 is 0 Å². The number of fused-ring (bicyclic) bond motifs is 1. The highest BCUT2D eigenvalue weighted by Gasteiger charge is 2.33. The second-order valence-electron chi connectivity index (χ2n) is 8.57. The first-order valence-corrected chi connectivity index (χ1v) is 12.7. The summed E-state index contributed by atoms with van der Waals surface area (Å²) in [4.78, 5) is 19.8. The molecule has 0 saturated carbocycles. The van der Waals surface area contributed by atoms with Crippen molar-refractivity contribution in [3.63, 3.8) is 0 Å². The number of hydrogen-bond acceptors (Lipinski definition) is 6. The van der Waals surface area contributed by atoms with Crippen LogP contribution in [0, 0.1) is 6.92 Å². The molecule has 1 aromatic carbocycles. The minimum Gasteiger partial charge on any atom is -0.377 e. The number of aromatic nitrogens is 2. The third kappa shape index (κ3) is 4.48. The topological polar surface area (TPSA) is 83.8 Å². The van der Waals surface area contributed by atoms with Crippen molar-refractivity contribution in [2.45, 2.75) is 43.8 Å². The molecule has 1 aliphatic heterocycles. The van der Waals surface area contributed by atoms with Gasteiger partial charge in [-0.2, -0.15) is 13.2 Å². The van der Waals surface area contributed by atoms with Crippen LogP contribution in [0.4, 0.5) is 24.7 Å². The van der Waals surface area contributed by atoms with Crippen LogP contribution in [-0.4, -0.2) is 37.1 Å². The molecule has 11 heteroatoms. The molecule has 1 fully saturated rings. The Kier molecular flexibility index (Phi) is 6.09. The molecular formula is C23H25F3N4O3S. The second-order valence-corrected chi connectivity index (χ2v) is 10.6. The van der Waals surface area contributed by atoms with Gasteiger partial charge in [0.25, 0.3) is 5.56 Å². The van der Waals surface area contributed by atoms with E-state index in [0.717, 1.165) is 48.9 Å². The zero-order valence-corrected chi connectivity index (χ0v) is 19.8. The number of hydrogen-bond donors (Lipinski definition) is 1. The number of anilines is 2. The summed E-state index contributed by atoms with van der Waals surface area (Å²) in [7, 11) is -3.59. The highest BCUT2D eigenvalue weighted by molar-refractivity contribution is 7.90. The Bertz CT molecular complexity index is 1410. The summed E-state index contributed by atoms with van der Waals surface area (Å²) >= 11 is 0. The third-order valence-electron chi connectivity index (χ3n) is 6.01. The van der Waals surface area contributed by atoms with Gasteiger partial charge in [0.1, 0.15) is 11.5 Å². The molecule has 0 radical (unpaired) electrons. The van der Waals surface area contributed by atoms with Crippen LogP contribution in [0.25, 0.3) is 5.65 Å². The molecule has 1 aliphatic rings. The van der Waals surface area contributed by atoms with Crippen LogP contribution in [0.3, 0.4) is 0 Å². The van der Waals surface area contributed by atoms with Crippen molar-refractivity contribution in [1.29, 1.82) is 0 Å². The van der Waals surface area contributed by atoms with Crippen molar-refractivity contribution in [2.24, 2.45) is 0 Å². The van der Waals surface area contributed by atoms with Crippen LogP contribution < -0.4 is 15.8 Å². The number of rotatable bonds is 5. The molecule has 1 atom stereocenters. The molecule has 182 valence electrons. The Morgan fingerprint density at radius 2 is 1.79 bits per heavy atom. The lowest BCUT2D eigenvalue weighted by atomic mass is 10.1. The normalized spacial score (nSPS) is 15.6. The maximum Gasteiger partial charge on any atom is 0.417 e. The van der Waals surface area contributed by atoms with Crippen LogP contribution in [0.2, 0.25) is 0 Å². The molecule has 2 aromatic heterocycles. The first-order chi connectivity index (χ1) is 15.9. The molecule has 7 nitrogen and oxygen atoms in total. The van der Waals surface area contributed by atoms with Gasteiger partial charge in [0.05, 0.1) is 27.8 Å². The third-order valence-corrected chi connectivity index (χ3v) is 7.17. The Morgan fingerprint density at radius 1 is 1.15 bits per heavy atom. The fourth-order valence-corrected chi connectivity index (χ4v) is 5.13. The fraction of sp³-hybridized carbons (Fsp3) is 0.391. The Balaban J connectivity index is 1.92. The first-order valence-electron chi connectivity index (χ1n) is 10.8. The lowest BCUT2D eigenvalue weighted by Crippen LogP contribution is -2.28. The van der Waals surface area contributed by atoms with Crippen LogP contribution >= 0.6 is 0 Å². The number of para-hydroxylation sites is 1. The SMILES string of the molecule is Cc1c(N2CCCC2)nc2c([C@@H](C)Nc3ccccc3S(C)(=O)=O)cc(C(F)(F)F)cn2c1=O. The van der Waals surface area contributed by atoms with E-state index in [-0.39, 0.29) is 27.4 Å². The lowest BCUT2D eigenvalue weighted by Gasteiger charge is -2.23. The second kappa shape index (κ2) is 8.61. The molecular weight excluding hydrogens is 469 g/mol. The van der Waals surface area contributed by atoms with Crippen LogP contribution in [0.5, 0.6) is 0 Å². The predicted octanol–water partition coefficient (Wildman–Crippen LogP) is 4.20. The Labute approximate surface area is 195 Å². The molecule has 3 heterocycles. The number of alkyl halides is 3. The smallest absolute Gasteiger partial charge is 0.377 e. The van der Waals surface area contributed by atoms with Gasteiger partial charge in [0.2, 0.25) is 0 Å². The van der Waals surface area contributed by atoms with E-state index in [0.29, 0.717) is 5.82 Å². The number of pyridine rings is 1. The molecule has 3 aromatic rings. The van der Waals surface area contributed by atoms with Gasteiger partial charge in [-0.1, -0.05) is 12.1 Å². The van der Waals surface area contributed by atoms with E-state index < -0.39 is 33.2 Å². The van der Waals surface area contributed by atoms with Crippen molar-refractivity contribution in [1.82, 2.24) is 9.38 Å². The fourth-order valence-electron chi connectivity index (χ4n) is 4.27. The quantitative estimate of drug-likeness (QED) is 0.573. The molecule has 34 heavy (non-hydrogen) atoms. The van der Waals surface area contributed by atoms with E-state index in [1.54, 1.807) is 32.0 Å². The van der Waals surface area contributed by atoms with Gasteiger partial charge in [-0.15, -0.1) is 0 Å². The first kappa shape index (κ1) is 24.1. The van der Waals surface area contributed by atoms with Gasteiger partial charge in [-0.3, -0.25) is 9.20 Å². The van der Waals surface area contributed by atoms with Crippen molar-refractivity contribution < 1.29 is 21.6 Å². The zero-order chi connectivity index (χ0) is 24.8. The van der Waals surface area contributed by atoms with Crippen LogP contribution in [-0.2, 0) is 16.0 Å². The maximum absolute atomic E-state index is 13.7. The van der Waals surface area contributed by atoms with Crippen molar-refractivity contribution in [3.8, 4) is 0 Å². The van der Waals surface area contributed by atoms with Gasteiger partial charge in [-0.05, 0) is 44.9 Å². The van der Waals surface area contributed by atoms with Gasteiger partial charge < -0.3 is 10.2 Å². The Morgan fingerprint density at radius 3 is 2.41 bits per heavy atom. The summed E-state index contributed by atoms with van der Waals surface area (Å²) in [5.74, 6) is 0.465. The van der Waals surface area contributed by atoms with E-state index in [1.165, 1.54) is 6.07 Å². The maximum atomic E-state index is 13.7. The highest BCUT2D eigenvalue weighted by atomic mass is 32.2. The number of benzene rings is 1. The molecule has 0 aliphatic carbocycles. The number of halogens is 3. The molecule has 4 rings (SSSR count). The van der Waals surface area contributed by atoms with Crippen molar-refractivity contribution in [3.05, 3.63) is 63.6 Å². The van der Waals surface area contributed by atoms with E-state index in [1.807, 2.05) is 4.90 Å². The summed E-state index contributed by atoms with van der Waals surface area (Å²) in [5, 5.41) is 3.01.